The number of amides is 1. The average molecular weight is 247 g/mol. The predicted molar refractivity (Wildman–Crippen MR) is 71.2 cm³/mol. The van der Waals surface area contributed by atoms with Crippen molar-refractivity contribution in [2.45, 2.75) is 44.8 Å². The molecule has 3 nitrogen and oxygen atoms in total. The zero-order valence-corrected chi connectivity index (χ0v) is 11.0. The number of aliphatic hydroxyl groups is 1. The Bertz CT molecular complexity index is 402. The topological polar surface area (TPSA) is 49.3 Å². The van der Waals surface area contributed by atoms with Crippen LogP contribution >= 0.6 is 0 Å². The van der Waals surface area contributed by atoms with Gasteiger partial charge in [-0.15, -0.1) is 0 Å². The molecule has 18 heavy (non-hydrogen) atoms. The van der Waals surface area contributed by atoms with Crippen molar-refractivity contribution < 1.29 is 9.90 Å². The van der Waals surface area contributed by atoms with Gasteiger partial charge in [0.25, 0.3) is 0 Å². The number of rotatable bonds is 5. The van der Waals surface area contributed by atoms with Gasteiger partial charge in [-0.1, -0.05) is 30.3 Å². The Kier molecular flexibility index (Phi) is 4.02. The quantitative estimate of drug-likeness (QED) is 0.836. The minimum atomic E-state index is -0.371. The highest BCUT2D eigenvalue weighted by Gasteiger charge is 2.43. The SMILES string of the molecule is CC(O)CC(C)NC(=O)C1CC1c1ccccc1. The van der Waals surface area contributed by atoms with Gasteiger partial charge in [0, 0.05) is 12.0 Å². The molecule has 4 unspecified atom stereocenters. The Morgan fingerprint density at radius 3 is 2.67 bits per heavy atom. The summed E-state index contributed by atoms with van der Waals surface area (Å²) in [4.78, 5) is 12.0. The summed E-state index contributed by atoms with van der Waals surface area (Å²) in [6.07, 6.45) is 1.18. The van der Waals surface area contributed by atoms with Gasteiger partial charge >= 0.3 is 0 Å². The maximum Gasteiger partial charge on any atom is 0.223 e. The number of benzene rings is 1. The molecule has 2 N–H and O–H groups in total. The molecule has 0 heterocycles. The Labute approximate surface area is 108 Å². The fraction of sp³-hybridized carbons (Fsp3) is 0.533. The number of nitrogens with one attached hydrogen (secondary N) is 1. The Morgan fingerprint density at radius 1 is 1.39 bits per heavy atom. The van der Waals surface area contributed by atoms with Crippen LogP contribution in [0.2, 0.25) is 0 Å². The van der Waals surface area contributed by atoms with Gasteiger partial charge in [-0.3, -0.25) is 4.79 Å². The van der Waals surface area contributed by atoms with Crippen molar-refractivity contribution in [2.75, 3.05) is 0 Å². The monoisotopic (exact) mass is 247 g/mol. The Morgan fingerprint density at radius 2 is 2.06 bits per heavy atom. The van der Waals surface area contributed by atoms with E-state index in [2.05, 4.69) is 17.4 Å². The molecule has 1 aliphatic rings. The van der Waals surface area contributed by atoms with Crippen LogP contribution in [0.3, 0.4) is 0 Å². The van der Waals surface area contributed by atoms with E-state index in [4.69, 9.17) is 0 Å². The molecular weight excluding hydrogens is 226 g/mol. The second-order valence-corrected chi connectivity index (χ2v) is 5.35. The predicted octanol–water partition coefficient (Wildman–Crippen LogP) is 2.07. The minimum Gasteiger partial charge on any atom is -0.393 e. The molecule has 2 rings (SSSR count). The first-order chi connectivity index (χ1) is 8.58. The van der Waals surface area contributed by atoms with E-state index >= 15 is 0 Å². The van der Waals surface area contributed by atoms with Crippen molar-refractivity contribution in [1.82, 2.24) is 5.32 Å². The lowest BCUT2D eigenvalue weighted by Gasteiger charge is -2.15. The van der Waals surface area contributed by atoms with Crippen LogP contribution in [0.5, 0.6) is 0 Å². The van der Waals surface area contributed by atoms with Gasteiger partial charge in [0.15, 0.2) is 0 Å². The van der Waals surface area contributed by atoms with Gasteiger partial charge in [0.05, 0.1) is 6.10 Å². The van der Waals surface area contributed by atoms with Crippen LogP contribution in [-0.2, 0) is 4.79 Å². The summed E-state index contributed by atoms with van der Waals surface area (Å²) >= 11 is 0. The van der Waals surface area contributed by atoms with E-state index in [0.717, 1.165) is 6.42 Å². The third kappa shape index (κ3) is 3.33. The first-order valence-electron chi connectivity index (χ1n) is 6.61. The van der Waals surface area contributed by atoms with Crippen LogP contribution in [0.4, 0.5) is 0 Å². The molecule has 1 aliphatic carbocycles. The molecule has 4 atom stereocenters. The fourth-order valence-electron chi connectivity index (χ4n) is 2.47. The van der Waals surface area contributed by atoms with E-state index in [1.54, 1.807) is 6.92 Å². The highest BCUT2D eigenvalue weighted by molar-refractivity contribution is 5.83. The second kappa shape index (κ2) is 5.53. The zero-order valence-electron chi connectivity index (χ0n) is 11.0. The number of carbonyl (C=O) groups is 1. The molecule has 98 valence electrons. The summed E-state index contributed by atoms with van der Waals surface area (Å²) in [5.74, 6) is 0.616. The summed E-state index contributed by atoms with van der Waals surface area (Å²) in [6.45, 7) is 3.68. The van der Waals surface area contributed by atoms with E-state index < -0.39 is 0 Å². The van der Waals surface area contributed by atoms with Gasteiger partial charge in [-0.25, -0.2) is 0 Å². The van der Waals surface area contributed by atoms with Crippen LogP contribution < -0.4 is 5.32 Å². The van der Waals surface area contributed by atoms with Crippen molar-refractivity contribution in [3.8, 4) is 0 Å². The van der Waals surface area contributed by atoms with Crippen molar-refractivity contribution in [3.63, 3.8) is 0 Å². The molecule has 1 amide bonds. The van der Waals surface area contributed by atoms with Crippen molar-refractivity contribution in [3.05, 3.63) is 35.9 Å². The molecule has 1 saturated carbocycles. The number of carbonyl (C=O) groups excluding carboxylic acids is 1. The minimum absolute atomic E-state index is 0.0366. The smallest absolute Gasteiger partial charge is 0.223 e. The summed E-state index contributed by atoms with van der Waals surface area (Å²) < 4.78 is 0. The second-order valence-electron chi connectivity index (χ2n) is 5.35. The normalized spacial score (nSPS) is 25.3. The largest absolute Gasteiger partial charge is 0.393 e. The number of aliphatic hydroxyl groups excluding tert-OH is 1. The first kappa shape index (κ1) is 13.1. The molecule has 0 aromatic heterocycles. The molecule has 0 aliphatic heterocycles. The molecule has 1 aromatic carbocycles. The summed E-state index contributed by atoms with van der Waals surface area (Å²) in [7, 11) is 0. The lowest BCUT2D eigenvalue weighted by molar-refractivity contribution is -0.123. The van der Waals surface area contributed by atoms with Crippen LogP contribution in [0.1, 0.15) is 38.2 Å². The van der Waals surface area contributed by atoms with Crippen LogP contribution in [0.25, 0.3) is 0 Å². The lowest BCUT2D eigenvalue weighted by Crippen LogP contribution is -2.35. The zero-order chi connectivity index (χ0) is 13.1. The molecule has 0 radical (unpaired) electrons. The molecular formula is C15H21NO2. The number of hydrogen-bond donors (Lipinski definition) is 2. The van der Waals surface area contributed by atoms with Crippen molar-refractivity contribution in [1.29, 1.82) is 0 Å². The average Bonchev–Trinajstić information content (AvgIpc) is 3.08. The van der Waals surface area contributed by atoms with E-state index in [9.17, 15) is 9.90 Å². The summed E-state index contributed by atoms with van der Waals surface area (Å²) in [5.41, 5.74) is 1.25. The third-order valence-electron chi connectivity index (χ3n) is 3.44. The molecule has 0 bridgehead atoms. The van der Waals surface area contributed by atoms with Crippen LogP contribution in [0, 0.1) is 5.92 Å². The van der Waals surface area contributed by atoms with Gasteiger partial charge in [-0.05, 0) is 38.2 Å². The molecule has 1 fully saturated rings. The van der Waals surface area contributed by atoms with Gasteiger partial charge in [0.2, 0.25) is 5.91 Å². The van der Waals surface area contributed by atoms with Gasteiger partial charge in [0.1, 0.15) is 0 Å². The summed E-state index contributed by atoms with van der Waals surface area (Å²) in [6, 6.07) is 10.2. The Balaban J connectivity index is 1.83. The van der Waals surface area contributed by atoms with Crippen LogP contribution in [0.15, 0.2) is 30.3 Å². The van der Waals surface area contributed by atoms with Gasteiger partial charge in [-0.2, -0.15) is 0 Å². The number of hydrogen-bond acceptors (Lipinski definition) is 2. The van der Waals surface area contributed by atoms with E-state index in [-0.39, 0.29) is 24.0 Å². The van der Waals surface area contributed by atoms with E-state index in [1.165, 1.54) is 5.56 Å². The standard InChI is InChI=1S/C15H21NO2/c1-10(8-11(2)17)16-15(18)14-9-13(14)12-6-4-3-5-7-12/h3-7,10-11,13-14,17H,8-9H2,1-2H3,(H,16,18). The van der Waals surface area contributed by atoms with Crippen molar-refractivity contribution in [2.24, 2.45) is 5.92 Å². The molecule has 0 saturated heterocycles. The highest BCUT2D eigenvalue weighted by atomic mass is 16.3. The summed E-state index contributed by atoms with van der Waals surface area (Å²) in [5, 5.41) is 12.2. The lowest BCUT2D eigenvalue weighted by atomic mass is 10.1. The maximum atomic E-state index is 12.0. The third-order valence-corrected chi connectivity index (χ3v) is 3.44. The fourth-order valence-corrected chi connectivity index (χ4v) is 2.47. The molecule has 1 aromatic rings. The molecule has 3 heteroatoms. The molecule has 0 spiro atoms. The van der Waals surface area contributed by atoms with Gasteiger partial charge < -0.3 is 10.4 Å². The highest BCUT2D eigenvalue weighted by Crippen LogP contribution is 2.47. The van der Waals surface area contributed by atoms with E-state index in [0.29, 0.717) is 12.3 Å². The Hall–Kier alpha value is -1.35. The maximum absolute atomic E-state index is 12.0. The van der Waals surface area contributed by atoms with E-state index in [1.807, 2.05) is 25.1 Å². The first-order valence-corrected chi connectivity index (χ1v) is 6.61. The van der Waals surface area contributed by atoms with Crippen LogP contribution in [-0.4, -0.2) is 23.2 Å². The van der Waals surface area contributed by atoms with Crippen molar-refractivity contribution >= 4 is 5.91 Å².